The van der Waals surface area contributed by atoms with Crippen molar-refractivity contribution in [3.8, 4) is 0 Å². The fourth-order valence-electron chi connectivity index (χ4n) is 8.12. The highest BCUT2D eigenvalue weighted by Crippen LogP contribution is 2.43. The van der Waals surface area contributed by atoms with Gasteiger partial charge in [0.2, 0.25) is 5.91 Å². The molecule has 0 bridgehead atoms. The molecule has 0 radical (unpaired) electrons. The number of fused-ring (bicyclic) bond motifs is 2. The van der Waals surface area contributed by atoms with Crippen LogP contribution in [0.5, 0.6) is 0 Å². The fraction of sp³-hybridized carbons (Fsp3) is 0.579. The molecule has 6 rings (SSSR count). The zero-order valence-electron chi connectivity index (χ0n) is 29.1. The predicted molar refractivity (Wildman–Crippen MR) is 191 cm³/mol. The minimum Gasteiger partial charge on any atom is -0.465 e. The number of hydrogen-bond acceptors (Lipinski definition) is 7. The number of methoxy groups -OCH3 is 1. The molecule has 264 valence electrons. The number of pyridine rings is 1. The first-order valence-electron chi connectivity index (χ1n) is 17.6. The van der Waals surface area contributed by atoms with Crippen molar-refractivity contribution in [2.75, 3.05) is 46.4 Å². The maximum Gasteiger partial charge on any atom is 0.410 e. The zero-order valence-corrected chi connectivity index (χ0v) is 30.6. The summed E-state index contributed by atoms with van der Waals surface area (Å²) in [5, 5.41) is 1.06. The average Bonchev–Trinajstić information content (AvgIpc) is 3.21. The smallest absolute Gasteiger partial charge is 0.410 e. The van der Waals surface area contributed by atoms with Crippen LogP contribution >= 0.6 is 23.2 Å². The summed E-state index contributed by atoms with van der Waals surface area (Å²) in [6.45, 7) is 10.4. The second-order valence-corrected chi connectivity index (χ2v) is 15.9. The second kappa shape index (κ2) is 15.0. The molecular weight excluding hydrogens is 663 g/mol. The summed E-state index contributed by atoms with van der Waals surface area (Å²) >= 11 is 12.9. The van der Waals surface area contributed by atoms with E-state index in [4.69, 9.17) is 37.7 Å². The number of rotatable bonds is 5. The van der Waals surface area contributed by atoms with Crippen molar-refractivity contribution in [2.24, 2.45) is 17.8 Å². The number of carbonyl (C=O) groups is 3. The SMILES string of the molecule is COC(=O)C1=Cc2cc(Cl)ccc2C(N2CCC(C3CCN(C(=O)CC4CCN(C(=O)OC(C)(C)C)CC4)CC3)CC2)c2ncc(Cl)cc21. The van der Waals surface area contributed by atoms with Gasteiger partial charge in [0, 0.05) is 49.4 Å². The maximum absolute atomic E-state index is 13.3. The Morgan fingerprint density at radius 2 is 1.49 bits per heavy atom. The Balaban J connectivity index is 1.04. The van der Waals surface area contributed by atoms with Crippen molar-refractivity contribution in [1.29, 1.82) is 0 Å². The van der Waals surface area contributed by atoms with Gasteiger partial charge in [-0.25, -0.2) is 9.59 Å². The van der Waals surface area contributed by atoms with Gasteiger partial charge >= 0.3 is 12.1 Å². The Hall–Kier alpha value is -3.14. The number of hydrogen-bond donors (Lipinski definition) is 0. The van der Waals surface area contributed by atoms with Crippen LogP contribution in [0.3, 0.4) is 0 Å². The van der Waals surface area contributed by atoms with Crippen molar-refractivity contribution in [3.05, 3.63) is 62.9 Å². The summed E-state index contributed by atoms with van der Waals surface area (Å²) < 4.78 is 10.7. The van der Waals surface area contributed by atoms with Gasteiger partial charge in [0.25, 0.3) is 0 Å². The van der Waals surface area contributed by atoms with Crippen LogP contribution in [0.1, 0.15) is 94.1 Å². The molecule has 1 aromatic carbocycles. The Morgan fingerprint density at radius 3 is 2.12 bits per heavy atom. The van der Waals surface area contributed by atoms with Crippen molar-refractivity contribution in [1.82, 2.24) is 19.7 Å². The van der Waals surface area contributed by atoms with Gasteiger partial charge in [-0.3, -0.25) is 14.7 Å². The summed E-state index contributed by atoms with van der Waals surface area (Å²) in [6.07, 6.45) is 9.68. The topological polar surface area (TPSA) is 92.3 Å². The lowest BCUT2D eigenvalue weighted by Crippen LogP contribution is -2.45. The lowest BCUT2D eigenvalue weighted by atomic mass is 9.78. The van der Waals surface area contributed by atoms with E-state index in [9.17, 15) is 14.4 Å². The van der Waals surface area contributed by atoms with Crippen molar-refractivity contribution in [3.63, 3.8) is 0 Å². The Bertz CT molecular complexity index is 1580. The van der Waals surface area contributed by atoms with Crippen LogP contribution in [-0.4, -0.2) is 89.6 Å². The highest BCUT2D eigenvalue weighted by atomic mass is 35.5. The predicted octanol–water partition coefficient (Wildman–Crippen LogP) is 7.49. The molecule has 2 aromatic rings. The van der Waals surface area contributed by atoms with Gasteiger partial charge < -0.3 is 19.3 Å². The van der Waals surface area contributed by atoms with Crippen LogP contribution in [0.25, 0.3) is 11.6 Å². The van der Waals surface area contributed by atoms with Crippen LogP contribution in [0, 0.1) is 17.8 Å². The molecule has 1 atom stereocenters. The number of nitrogens with zero attached hydrogens (tertiary/aromatic N) is 4. The summed E-state index contributed by atoms with van der Waals surface area (Å²) in [4.78, 5) is 49.8. The molecule has 9 nitrogen and oxygen atoms in total. The molecule has 3 fully saturated rings. The zero-order chi connectivity index (χ0) is 34.9. The molecule has 0 saturated carbocycles. The largest absolute Gasteiger partial charge is 0.465 e. The number of carbonyl (C=O) groups excluding carboxylic acids is 3. The number of piperidine rings is 3. The molecular formula is C38H48Cl2N4O5. The summed E-state index contributed by atoms with van der Waals surface area (Å²) in [6, 6.07) is 7.49. The molecule has 4 heterocycles. The fourth-order valence-corrected chi connectivity index (χ4v) is 8.46. The first kappa shape index (κ1) is 35.7. The van der Waals surface area contributed by atoms with Gasteiger partial charge in [0.1, 0.15) is 5.60 Å². The third-order valence-electron chi connectivity index (χ3n) is 10.7. The minimum absolute atomic E-state index is 0.158. The van der Waals surface area contributed by atoms with Crippen molar-refractivity contribution >= 4 is 52.8 Å². The van der Waals surface area contributed by atoms with Crippen molar-refractivity contribution < 1.29 is 23.9 Å². The van der Waals surface area contributed by atoms with E-state index in [1.54, 1.807) is 11.1 Å². The van der Waals surface area contributed by atoms with E-state index in [0.29, 0.717) is 58.4 Å². The standard InChI is InChI=1S/C38H48Cl2N4O5/c1-38(2,3)49-37(47)44-13-7-24(8-14-44)19-33(45)42-15-9-25(10-16-42)26-11-17-43(18-12-26)35-30-6-5-28(39)20-27(30)21-32(36(46)48-4)31-22-29(40)23-41-34(31)35/h5-6,20-26,35H,7-19H2,1-4H3. The Morgan fingerprint density at radius 1 is 0.857 bits per heavy atom. The Labute approximate surface area is 299 Å². The summed E-state index contributed by atoms with van der Waals surface area (Å²) in [5.41, 5.74) is 3.32. The van der Waals surface area contributed by atoms with Gasteiger partial charge in [-0.2, -0.15) is 0 Å². The molecule has 0 spiro atoms. The number of aromatic nitrogens is 1. The Kier molecular flexibility index (Phi) is 10.9. The van der Waals surface area contributed by atoms with E-state index in [0.717, 1.165) is 81.5 Å². The van der Waals surface area contributed by atoms with Crippen LogP contribution in [0.2, 0.25) is 10.0 Å². The van der Waals surface area contributed by atoms with E-state index in [2.05, 4.69) is 9.80 Å². The van der Waals surface area contributed by atoms with Gasteiger partial charge in [0.15, 0.2) is 0 Å². The van der Waals surface area contributed by atoms with Gasteiger partial charge in [0.05, 0.1) is 29.4 Å². The molecule has 11 heteroatoms. The molecule has 3 saturated heterocycles. The first-order chi connectivity index (χ1) is 23.4. The highest BCUT2D eigenvalue weighted by Gasteiger charge is 2.38. The molecule has 0 N–H and O–H groups in total. The minimum atomic E-state index is -0.503. The van der Waals surface area contributed by atoms with Crippen LogP contribution in [0.4, 0.5) is 4.79 Å². The molecule has 1 aliphatic carbocycles. The lowest BCUT2D eigenvalue weighted by Gasteiger charge is -2.43. The molecule has 1 aromatic heterocycles. The second-order valence-electron chi connectivity index (χ2n) is 15.0. The maximum atomic E-state index is 13.3. The van der Waals surface area contributed by atoms with Gasteiger partial charge in [-0.05, 0) is 126 Å². The third-order valence-corrected chi connectivity index (χ3v) is 11.2. The number of ether oxygens (including phenoxy) is 2. The monoisotopic (exact) mass is 710 g/mol. The van der Waals surface area contributed by atoms with E-state index in [1.165, 1.54) is 7.11 Å². The summed E-state index contributed by atoms with van der Waals surface area (Å²) in [5.74, 6) is 1.32. The summed E-state index contributed by atoms with van der Waals surface area (Å²) in [7, 11) is 1.38. The molecule has 49 heavy (non-hydrogen) atoms. The highest BCUT2D eigenvalue weighted by molar-refractivity contribution is 6.32. The molecule has 3 aliphatic heterocycles. The number of esters is 1. The number of likely N-dealkylation sites (tertiary alicyclic amines) is 3. The van der Waals surface area contributed by atoms with Crippen LogP contribution < -0.4 is 0 Å². The van der Waals surface area contributed by atoms with E-state index in [1.807, 2.05) is 51.1 Å². The molecule has 1 unspecified atom stereocenters. The van der Waals surface area contributed by atoms with E-state index < -0.39 is 11.6 Å². The van der Waals surface area contributed by atoms with Crippen LogP contribution in [0.15, 0.2) is 30.5 Å². The number of amides is 2. The third kappa shape index (κ3) is 8.26. The number of benzene rings is 1. The molecule has 4 aliphatic rings. The van der Waals surface area contributed by atoms with Crippen molar-refractivity contribution in [2.45, 2.75) is 77.4 Å². The lowest BCUT2D eigenvalue weighted by molar-refractivity contribution is -0.134. The quantitative estimate of drug-likeness (QED) is 0.297. The first-order valence-corrected chi connectivity index (χ1v) is 18.4. The van der Waals surface area contributed by atoms with E-state index >= 15 is 0 Å². The normalized spacial score (nSPS) is 21.3. The van der Waals surface area contributed by atoms with Gasteiger partial charge in [-0.15, -0.1) is 0 Å². The van der Waals surface area contributed by atoms with E-state index in [-0.39, 0.29) is 18.0 Å². The average molecular weight is 712 g/mol. The van der Waals surface area contributed by atoms with Crippen LogP contribution in [-0.2, 0) is 19.1 Å². The van der Waals surface area contributed by atoms with Gasteiger partial charge in [-0.1, -0.05) is 29.3 Å². The number of halogens is 2. The molecule has 2 amide bonds.